The van der Waals surface area contributed by atoms with E-state index in [-0.39, 0.29) is 0 Å². The molecule has 0 aliphatic carbocycles. The van der Waals surface area contributed by atoms with Gasteiger partial charge in [0.1, 0.15) is 0 Å². The van der Waals surface area contributed by atoms with Crippen LogP contribution in [0.15, 0.2) is 249 Å². The van der Waals surface area contributed by atoms with Crippen LogP contribution >= 0.6 is 0 Å². The Hall–Kier alpha value is -8.14. The van der Waals surface area contributed by atoms with E-state index in [0.717, 1.165) is 45.4 Å². The minimum Gasteiger partial charge on any atom is -0.310 e. The zero-order valence-electron chi connectivity index (χ0n) is 33.5. The molecule has 10 aromatic carbocycles. The molecule has 0 bridgehead atoms. The zero-order chi connectivity index (χ0) is 40.5. The number of fused-ring (bicyclic) bond motifs is 4. The molecule has 3 nitrogen and oxygen atoms in total. The monoisotopic (exact) mass is 779 g/mol. The predicted molar refractivity (Wildman–Crippen MR) is 259 cm³/mol. The van der Waals surface area contributed by atoms with Crippen LogP contribution in [-0.4, -0.2) is 4.57 Å². The maximum atomic E-state index is 2.38. The fourth-order valence-electron chi connectivity index (χ4n) is 8.92. The van der Waals surface area contributed by atoms with Gasteiger partial charge in [-0.15, -0.1) is 0 Å². The van der Waals surface area contributed by atoms with Crippen LogP contribution in [0.25, 0.3) is 60.5 Å². The van der Waals surface area contributed by atoms with E-state index in [2.05, 4.69) is 263 Å². The summed E-state index contributed by atoms with van der Waals surface area (Å²) in [6, 6.07) is 89.5. The highest BCUT2D eigenvalue weighted by molar-refractivity contribution is 6.10. The molecule has 3 heteroatoms. The topological polar surface area (TPSA) is 11.4 Å². The molecule has 11 rings (SSSR count). The highest BCUT2D eigenvalue weighted by Crippen LogP contribution is 2.42. The van der Waals surface area contributed by atoms with Crippen LogP contribution in [0.4, 0.5) is 34.1 Å². The van der Waals surface area contributed by atoms with Gasteiger partial charge in [0.05, 0.1) is 11.0 Å². The fraction of sp³-hybridized carbons (Fsp3) is 0. The minimum atomic E-state index is 1.06. The van der Waals surface area contributed by atoms with Crippen molar-refractivity contribution in [3.63, 3.8) is 0 Å². The predicted octanol–water partition coefficient (Wildman–Crippen LogP) is 16.2. The maximum Gasteiger partial charge on any atom is 0.0547 e. The maximum absolute atomic E-state index is 2.38. The van der Waals surface area contributed by atoms with Gasteiger partial charge in [0.25, 0.3) is 0 Å². The van der Waals surface area contributed by atoms with Crippen molar-refractivity contribution in [1.82, 2.24) is 4.57 Å². The number of para-hydroxylation sites is 4. The standard InChI is InChI=1S/C58H41N3/c1-4-20-46(21-5-1)59(49-36-33-43(34-37-49)54-31-15-18-42-17-10-11-29-53(42)54)51-27-16-28-52(41-51)60(47-22-6-2-7-23-47)50-26-14-19-44(39-50)45-35-38-56-55-30-12-13-32-57(55)61(58(56)40-45)48-24-8-3-9-25-48/h1-41H. The Balaban J connectivity index is 1.01. The van der Waals surface area contributed by atoms with Crippen molar-refractivity contribution in [2.75, 3.05) is 9.80 Å². The first-order valence-corrected chi connectivity index (χ1v) is 20.8. The van der Waals surface area contributed by atoms with E-state index in [9.17, 15) is 0 Å². The van der Waals surface area contributed by atoms with E-state index < -0.39 is 0 Å². The molecule has 0 saturated heterocycles. The van der Waals surface area contributed by atoms with Crippen LogP contribution in [0, 0.1) is 0 Å². The molecule has 0 fully saturated rings. The molecular weight excluding hydrogens is 739 g/mol. The second-order valence-electron chi connectivity index (χ2n) is 15.4. The van der Waals surface area contributed by atoms with E-state index in [4.69, 9.17) is 0 Å². The third kappa shape index (κ3) is 6.69. The number of benzene rings is 10. The van der Waals surface area contributed by atoms with Crippen molar-refractivity contribution >= 4 is 66.7 Å². The molecule has 0 radical (unpaired) electrons. The molecule has 0 aliphatic heterocycles. The second-order valence-corrected chi connectivity index (χ2v) is 15.4. The van der Waals surface area contributed by atoms with Crippen LogP contribution in [0.3, 0.4) is 0 Å². The quantitative estimate of drug-likeness (QED) is 0.145. The summed E-state index contributed by atoms with van der Waals surface area (Å²) in [7, 11) is 0. The van der Waals surface area contributed by atoms with Crippen molar-refractivity contribution in [3.8, 4) is 27.9 Å². The second kappa shape index (κ2) is 15.6. The molecule has 0 aliphatic rings. The Kier molecular flexibility index (Phi) is 9.18. The van der Waals surface area contributed by atoms with Crippen LogP contribution in [-0.2, 0) is 0 Å². The van der Waals surface area contributed by atoms with Crippen LogP contribution in [0.2, 0.25) is 0 Å². The van der Waals surface area contributed by atoms with Crippen molar-refractivity contribution in [2.24, 2.45) is 0 Å². The Bertz CT molecular complexity index is 3290. The molecule has 0 atom stereocenters. The summed E-state index contributed by atoms with van der Waals surface area (Å²) in [5, 5.41) is 5.00. The summed E-state index contributed by atoms with van der Waals surface area (Å²) in [5.74, 6) is 0. The summed E-state index contributed by atoms with van der Waals surface area (Å²) in [6.45, 7) is 0. The first kappa shape index (κ1) is 36.0. The van der Waals surface area contributed by atoms with E-state index in [1.54, 1.807) is 0 Å². The number of hydrogen-bond acceptors (Lipinski definition) is 2. The first-order valence-electron chi connectivity index (χ1n) is 20.8. The lowest BCUT2D eigenvalue weighted by Crippen LogP contribution is -2.13. The largest absolute Gasteiger partial charge is 0.310 e. The van der Waals surface area contributed by atoms with Gasteiger partial charge in [-0.3, -0.25) is 0 Å². The molecule has 0 unspecified atom stereocenters. The lowest BCUT2D eigenvalue weighted by Gasteiger charge is -2.29. The summed E-state index contributed by atoms with van der Waals surface area (Å²) in [5.41, 5.74) is 14.8. The third-order valence-electron chi connectivity index (χ3n) is 11.7. The van der Waals surface area contributed by atoms with Gasteiger partial charge in [0, 0.05) is 50.6 Å². The molecule has 0 N–H and O–H groups in total. The van der Waals surface area contributed by atoms with Gasteiger partial charge in [-0.1, -0.05) is 158 Å². The van der Waals surface area contributed by atoms with Crippen LogP contribution in [0.1, 0.15) is 0 Å². The average molecular weight is 780 g/mol. The third-order valence-corrected chi connectivity index (χ3v) is 11.7. The average Bonchev–Trinajstić information content (AvgIpc) is 3.67. The Morgan fingerprint density at radius 1 is 0.262 bits per heavy atom. The SMILES string of the molecule is c1ccc(N(c2ccc(-c3cccc4ccccc34)cc2)c2cccc(N(c3ccccc3)c3cccc(-c4ccc5c6ccccc6n(-c6ccccc6)c5c4)c3)c2)cc1. The molecule has 0 amide bonds. The molecule has 61 heavy (non-hydrogen) atoms. The summed E-state index contributed by atoms with van der Waals surface area (Å²) in [4.78, 5) is 4.70. The Morgan fingerprint density at radius 3 is 1.46 bits per heavy atom. The highest BCUT2D eigenvalue weighted by atomic mass is 15.2. The van der Waals surface area contributed by atoms with Crippen molar-refractivity contribution < 1.29 is 0 Å². The summed E-state index contributed by atoms with van der Waals surface area (Å²) >= 11 is 0. The molecule has 11 aromatic rings. The van der Waals surface area contributed by atoms with E-state index in [1.165, 1.54) is 49.3 Å². The van der Waals surface area contributed by atoms with Crippen LogP contribution < -0.4 is 9.80 Å². The molecular formula is C58H41N3. The van der Waals surface area contributed by atoms with E-state index in [1.807, 2.05) is 0 Å². The zero-order valence-corrected chi connectivity index (χ0v) is 33.5. The number of nitrogens with zero attached hydrogens (tertiary/aromatic N) is 3. The number of rotatable bonds is 9. The number of anilines is 6. The van der Waals surface area contributed by atoms with Crippen molar-refractivity contribution in [2.45, 2.75) is 0 Å². The molecule has 0 spiro atoms. The number of aromatic nitrogens is 1. The van der Waals surface area contributed by atoms with Gasteiger partial charge >= 0.3 is 0 Å². The van der Waals surface area contributed by atoms with Gasteiger partial charge in [0.15, 0.2) is 0 Å². The van der Waals surface area contributed by atoms with Gasteiger partial charge in [-0.2, -0.15) is 0 Å². The normalized spacial score (nSPS) is 11.3. The van der Waals surface area contributed by atoms with E-state index >= 15 is 0 Å². The van der Waals surface area contributed by atoms with Gasteiger partial charge in [-0.05, 0) is 124 Å². The molecule has 1 aromatic heterocycles. The van der Waals surface area contributed by atoms with Crippen molar-refractivity contribution in [1.29, 1.82) is 0 Å². The summed E-state index contributed by atoms with van der Waals surface area (Å²) < 4.78 is 2.38. The first-order chi connectivity index (χ1) is 30.3. The summed E-state index contributed by atoms with van der Waals surface area (Å²) in [6.07, 6.45) is 0. The smallest absolute Gasteiger partial charge is 0.0547 e. The van der Waals surface area contributed by atoms with Crippen LogP contribution in [0.5, 0.6) is 0 Å². The van der Waals surface area contributed by atoms with E-state index in [0.29, 0.717) is 0 Å². The lowest BCUT2D eigenvalue weighted by atomic mass is 9.98. The molecule has 0 saturated carbocycles. The fourth-order valence-corrected chi connectivity index (χ4v) is 8.92. The van der Waals surface area contributed by atoms with Crippen molar-refractivity contribution in [3.05, 3.63) is 249 Å². The molecule has 288 valence electrons. The lowest BCUT2D eigenvalue weighted by molar-refractivity contribution is 1.18. The highest BCUT2D eigenvalue weighted by Gasteiger charge is 2.19. The van der Waals surface area contributed by atoms with Gasteiger partial charge in [0.2, 0.25) is 0 Å². The number of hydrogen-bond donors (Lipinski definition) is 0. The molecule has 1 heterocycles. The minimum absolute atomic E-state index is 1.06. The van der Waals surface area contributed by atoms with Gasteiger partial charge in [-0.25, -0.2) is 0 Å². The Morgan fingerprint density at radius 2 is 0.738 bits per heavy atom. The Labute approximate surface area is 356 Å². The van der Waals surface area contributed by atoms with Gasteiger partial charge < -0.3 is 14.4 Å².